The lowest BCUT2D eigenvalue weighted by atomic mass is 9.77. The first-order valence-corrected chi connectivity index (χ1v) is 11.8. The normalized spacial score (nSPS) is 24.6. The molecule has 10 nitrogen and oxygen atoms in total. The van der Waals surface area contributed by atoms with E-state index in [0.717, 1.165) is 10.5 Å². The van der Waals surface area contributed by atoms with Crippen LogP contribution in [0.15, 0.2) is 61.2 Å². The largest absolute Gasteiger partial charge is 0.493 e. The minimum absolute atomic E-state index is 0.0269. The van der Waals surface area contributed by atoms with Gasteiger partial charge in [0.15, 0.2) is 11.5 Å². The number of benzene rings is 2. The number of carbonyl (C=O) groups excluding carboxylic acids is 2. The first-order valence-electron chi connectivity index (χ1n) is 11.8. The van der Waals surface area contributed by atoms with E-state index in [2.05, 4.69) is 11.9 Å². The van der Waals surface area contributed by atoms with Gasteiger partial charge in [0.2, 0.25) is 11.8 Å². The molecule has 37 heavy (non-hydrogen) atoms. The smallest absolute Gasteiger partial charge is 0.325 e. The topological polar surface area (TPSA) is 142 Å². The maximum absolute atomic E-state index is 13.5. The number of ether oxygens (including phenoxy) is 2. The van der Waals surface area contributed by atoms with E-state index in [1.54, 1.807) is 24.3 Å². The molecule has 4 rings (SSSR count). The summed E-state index contributed by atoms with van der Waals surface area (Å²) in [6.45, 7) is 3.80. The molecule has 194 valence electrons. The van der Waals surface area contributed by atoms with Gasteiger partial charge in [0, 0.05) is 18.2 Å². The molecule has 0 spiro atoms. The van der Waals surface area contributed by atoms with Crippen molar-refractivity contribution in [2.45, 2.75) is 31.0 Å². The number of carbonyl (C=O) groups is 4. The van der Waals surface area contributed by atoms with Crippen molar-refractivity contribution in [1.29, 1.82) is 0 Å². The van der Waals surface area contributed by atoms with E-state index in [1.165, 1.54) is 7.11 Å². The number of hydrogen-bond donors (Lipinski definition) is 3. The zero-order valence-corrected chi connectivity index (χ0v) is 20.3. The Bertz CT molecular complexity index is 1230. The molecule has 2 amide bonds. The Morgan fingerprint density at radius 3 is 2.46 bits per heavy atom. The van der Waals surface area contributed by atoms with Gasteiger partial charge in [0.1, 0.15) is 12.1 Å². The molecule has 2 saturated heterocycles. The zero-order valence-electron chi connectivity index (χ0n) is 20.3. The van der Waals surface area contributed by atoms with Crippen molar-refractivity contribution in [3.63, 3.8) is 0 Å². The number of nitrogens with one attached hydrogen (secondary N) is 1. The number of imide groups is 1. The fourth-order valence-electron chi connectivity index (χ4n) is 5.27. The molecular formula is C27H28N2O8. The van der Waals surface area contributed by atoms with Crippen LogP contribution in [0.2, 0.25) is 0 Å². The van der Waals surface area contributed by atoms with E-state index in [-0.39, 0.29) is 18.9 Å². The maximum atomic E-state index is 13.5. The Kier molecular flexibility index (Phi) is 7.30. The van der Waals surface area contributed by atoms with Crippen molar-refractivity contribution >= 4 is 23.8 Å². The minimum Gasteiger partial charge on any atom is -0.493 e. The van der Waals surface area contributed by atoms with Crippen molar-refractivity contribution in [1.82, 2.24) is 10.2 Å². The molecule has 0 bridgehead atoms. The SMILES string of the molecule is C=CCCN1C(=O)C2C(c3cccc(OC)c3OCc3ccccc3)NC(CC(=O)O)(C(=O)O)C2C1=O. The number of fused-ring (bicyclic) bond motifs is 1. The number of amides is 2. The van der Waals surface area contributed by atoms with Crippen LogP contribution in [0.3, 0.4) is 0 Å². The summed E-state index contributed by atoms with van der Waals surface area (Å²) < 4.78 is 11.6. The van der Waals surface area contributed by atoms with E-state index in [9.17, 15) is 29.4 Å². The summed E-state index contributed by atoms with van der Waals surface area (Å²) in [5.74, 6) is -6.18. The number of aliphatic carboxylic acids is 2. The standard InChI is InChI=1S/C27H28N2O8/c1-3-4-13-29-24(32)20-21(25(29)33)27(26(34)35,14-19(30)31)28-22(20)17-11-8-12-18(36-2)23(17)37-15-16-9-6-5-7-10-16/h3,5-12,20-22,28H,1,4,13-15H2,2H3,(H,30,31)(H,34,35). The summed E-state index contributed by atoms with van der Waals surface area (Å²) in [5.41, 5.74) is -0.938. The van der Waals surface area contributed by atoms with Crippen LogP contribution in [-0.2, 0) is 25.8 Å². The average Bonchev–Trinajstić information content (AvgIpc) is 3.35. The highest BCUT2D eigenvalue weighted by molar-refractivity contribution is 6.10. The lowest BCUT2D eigenvalue weighted by molar-refractivity contribution is -0.156. The highest BCUT2D eigenvalue weighted by Crippen LogP contribution is 2.52. The Balaban J connectivity index is 1.82. The van der Waals surface area contributed by atoms with Gasteiger partial charge in [-0.2, -0.15) is 0 Å². The van der Waals surface area contributed by atoms with E-state index < -0.39 is 53.6 Å². The zero-order chi connectivity index (χ0) is 26.7. The van der Waals surface area contributed by atoms with Crippen LogP contribution in [0.1, 0.15) is 30.0 Å². The Morgan fingerprint density at radius 1 is 1.11 bits per heavy atom. The van der Waals surface area contributed by atoms with Crippen LogP contribution < -0.4 is 14.8 Å². The number of likely N-dealkylation sites (tertiary alicyclic amines) is 1. The molecule has 0 radical (unpaired) electrons. The highest BCUT2D eigenvalue weighted by Gasteiger charge is 2.69. The molecule has 2 heterocycles. The third-order valence-electron chi connectivity index (χ3n) is 6.90. The molecule has 2 aromatic carbocycles. The number of para-hydroxylation sites is 1. The van der Waals surface area contributed by atoms with Crippen LogP contribution in [0, 0.1) is 11.8 Å². The van der Waals surface area contributed by atoms with Gasteiger partial charge >= 0.3 is 11.9 Å². The van der Waals surface area contributed by atoms with Crippen LogP contribution in [0.5, 0.6) is 11.5 Å². The van der Waals surface area contributed by atoms with E-state index in [0.29, 0.717) is 17.7 Å². The van der Waals surface area contributed by atoms with Crippen LogP contribution in [-0.4, -0.2) is 58.1 Å². The molecule has 4 atom stereocenters. The van der Waals surface area contributed by atoms with Gasteiger partial charge in [-0.3, -0.25) is 29.4 Å². The van der Waals surface area contributed by atoms with Crippen LogP contribution in [0.4, 0.5) is 0 Å². The Labute approximate surface area is 213 Å². The third-order valence-corrected chi connectivity index (χ3v) is 6.90. The quantitative estimate of drug-likeness (QED) is 0.308. The monoisotopic (exact) mass is 508 g/mol. The van der Waals surface area contributed by atoms with Crippen molar-refractivity contribution in [2.75, 3.05) is 13.7 Å². The summed E-state index contributed by atoms with van der Waals surface area (Å²) >= 11 is 0. The number of rotatable bonds is 11. The molecule has 2 aliphatic rings. The molecule has 10 heteroatoms. The number of nitrogens with zero attached hydrogens (tertiary/aromatic N) is 1. The fourth-order valence-corrected chi connectivity index (χ4v) is 5.27. The van der Waals surface area contributed by atoms with Crippen LogP contribution in [0.25, 0.3) is 0 Å². The highest BCUT2D eigenvalue weighted by atomic mass is 16.5. The van der Waals surface area contributed by atoms with Crippen molar-refractivity contribution in [3.8, 4) is 11.5 Å². The van der Waals surface area contributed by atoms with Gasteiger partial charge in [0.05, 0.1) is 25.4 Å². The second kappa shape index (κ2) is 10.4. The van der Waals surface area contributed by atoms with Crippen molar-refractivity contribution in [2.24, 2.45) is 11.8 Å². The predicted molar refractivity (Wildman–Crippen MR) is 131 cm³/mol. The van der Waals surface area contributed by atoms with E-state index >= 15 is 0 Å². The molecule has 3 N–H and O–H groups in total. The van der Waals surface area contributed by atoms with E-state index in [4.69, 9.17) is 9.47 Å². The molecular weight excluding hydrogens is 480 g/mol. The number of methoxy groups -OCH3 is 1. The predicted octanol–water partition coefficient (Wildman–Crippen LogP) is 2.39. The van der Waals surface area contributed by atoms with Gasteiger partial charge in [0.25, 0.3) is 0 Å². The van der Waals surface area contributed by atoms with Gasteiger partial charge < -0.3 is 19.7 Å². The first-order chi connectivity index (χ1) is 17.7. The second-order valence-electron chi connectivity index (χ2n) is 9.03. The lowest BCUT2D eigenvalue weighted by Crippen LogP contribution is -2.57. The van der Waals surface area contributed by atoms with E-state index in [1.807, 2.05) is 30.3 Å². The molecule has 2 aromatic rings. The third kappa shape index (κ3) is 4.55. The molecule has 2 fully saturated rings. The average molecular weight is 509 g/mol. The molecule has 0 saturated carbocycles. The van der Waals surface area contributed by atoms with Gasteiger partial charge in [-0.25, -0.2) is 0 Å². The fraction of sp³-hybridized carbons (Fsp3) is 0.333. The molecule has 0 aromatic heterocycles. The van der Waals surface area contributed by atoms with Crippen molar-refractivity contribution in [3.05, 3.63) is 72.3 Å². The summed E-state index contributed by atoms with van der Waals surface area (Å²) in [5, 5.41) is 22.7. The van der Waals surface area contributed by atoms with Gasteiger partial charge in [-0.1, -0.05) is 48.5 Å². The second-order valence-corrected chi connectivity index (χ2v) is 9.03. The minimum atomic E-state index is -2.20. The van der Waals surface area contributed by atoms with Gasteiger partial charge in [-0.05, 0) is 18.1 Å². The molecule has 0 aliphatic carbocycles. The summed E-state index contributed by atoms with van der Waals surface area (Å²) in [7, 11) is 1.45. The summed E-state index contributed by atoms with van der Waals surface area (Å²) in [4.78, 5) is 52.4. The number of carboxylic acid groups (broad SMARTS) is 2. The number of carboxylic acids is 2. The molecule has 2 aliphatic heterocycles. The lowest BCUT2D eigenvalue weighted by Gasteiger charge is -2.30. The van der Waals surface area contributed by atoms with Crippen molar-refractivity contribution < 1.29 is 38.9 Å². The first kappa shape index (κ1) is 25.9. The van der Waals surface area contributed by atoms with Crippen LogP contribution >= 0.6 is 0 Å². The Morgan fingerprint density at radius 2 is 1.84 bits per heavy atom. The summed E-state index contributed by atoms with van der Waals surface area (Å²) in [6, 6.07) is 13.3. The van der Waals surface area contributed by atoms with Gasteiger partial charge in [-0.15, -0.1) is 6.58 Å². The Hall–Kier alpha value is -4.18. The molecule has 4 unspecified atom stereocenters. The number of hydrogen-bond acceptors (Lipinski definition) is 7. The maximum Gasteiger partial charge on any atom is 0.325 e. The summed E-state index contributed by atoms with van der Waals surface area (Å²) in [6.07, 6.45) is 0.973.